The quantitative estimate of drug-likeness (QED) is 0.933. The van der Waals surface area contributed by atoms with E-state index in [0.29, 0.717) is 31.0 Å². The van der Waals surface area contributed by atoms with Crippen molar-refractivity contribution in [2.45, 2.75) is 13.0 Å². The molecule has 1 heterocycles. The zero-order chi connectivity index (χ0) is 17.8. The van der Waals surface area contributed by atoms with Gasteiger partial charge in [-0.3, -0.25) is 9.59 Å². The molecule has 1 N–H and O–H groups in total. The van der Waals surface area contributed by atoms with Crippen molar-refractivity contribution in [3.8, 4) is 0 Å². The Balaban J connectivity index is 1.80. The first-order chi connectivity index (χ1) is 12.0. The first-order valence-corrected chi connectivity index (χ1v) is 8.06. The molecule has 0 saturated carbocycles. The highest BCUT2D eigenvalue weighted by Crippen LogP contribution is 2.26. The molecule has 1 fully saturated rings. The van der Waals surface area contributed by atoms with Crippen LogP contribution in [0, 0.1) is 5.82 Å². The van der Waals surface area contributed by atoms with Gasteiger partial charge in [-0.05, 0) is 42.0 Å². The lowest BCUT2D eigenvalue weighted by Gasteiger charge is -2.36. The van der Waals surface area contributed by atoms with Crippen LogP contribution in [-0.2, 0) is 9.53 Å². The summed E-state index contributed by atoms with van der Waals surface area (Å²) in [5, 5.41) is 2.67. The number of halogens is 1. The molecule has 130 valence electrons. The van der Waals surface area contributed by atoms with Crippen LogP contribution < -0.4 is 5.32 Å². The van der Waals surface area contributed by atoms with Crippen molar-refractivity contribution < 1.29 is 18.7 Å². The smallest absolute Gasteiger partial charge is 0.254 e. The zero-order valence-electron chi connectivity index (χ0n) is 13.9. The first-order valence-electron chi connectivity index (χ1n) is 8.06. The van der Waals surface area contributed by atoms with Gasteiger partial charge in [-0.1, -0.05) is 12.1 Å². The van der Waals surface area contributed by atoms with Gasteiger partial charge in [-0.15, -0.1) is 0 Å². The lowest BCUT2D eigenvalue weighted by Crippen LogP contribution is -2.43. The minimum absolute atomic E-state index is 0.119. The monoisotopic (exact) mass is 342 g/mol. The summed E-state index contributed by atoms with van der Waals surface area (Å²) in [5.74, 6) is -0.595. The molecular formula is C19H19FN2O3. The van der Waals surface area contributed by atoms with Gasteiger partial charge in [0.2, 0.25) is 5.91 Å². The average Bonchev–Trinajstić information content (AvgIpc) is 2.62. The van der Waals surface area contributed by atoms with E-state index in [2.05, 4.69) is 5.32 Å². The molecule has 6 heteroatoms. The maximum Gasteiger partial charge on any atom is 0.254 e. The number of benzene rings is 2. The number of amides is 2. The molecule has 2 aromatic carbocycles. The maximum absolute atomic E-state index is 13.2. The van der Waals surface area contributed by atoms with Gasteiger partial charge in [0.1, 0.15) is 5.82 Å². The second-order valence-electron chi connectivity index (χ2n) is 5.90. The Bertz CT molecular complexity index is 759. The van der Waals surface area contributed by atoms with E-state index in [0.717, 1.165) is 5.56 Å². The highest BCUT2D eigenvalue weighted by atomic mass is 19.1. The van der Waals surface area contributed by atoms with Crippen LogP contribution in [0.15, 0.2) is 48.5 Å². The molecule has 1 aliphatic heterocycles. The van der Waals surface area contributed by atoms with E-state index in [1.54, 1.807) is 41.3 Å². The molecule has 0 bridgehead atoms. The SMILES string of the molecule is CC(=O)Nc1ccc(C(=O)N2CCOCC2c2ccc(F)cc2)cc1. The second-order valence-corrected chi connectivity index (χ2v) is 5.90. The third-order valence-corrected chi connectivity index (χ3v) is 4.10. The number of nitrogens with one attached hydrogen (secondary N) is 1. The molecule has 1 unspecified atom stereocenters. The molecular weight excluding hydrogens is 323 g/mol. The Morgan fingerprint density at radius 2 is 1.80 bits per heavy atom. The molecule has 0 spiro atoms. The molecule has 0 radical (unpaired) electrons. The number of hydrogen-bond donors (Lipinski definition) is 1. The van der Waals surface area contributed by atoms with Crippen molar-refractivity contribution in [3.63, 3.8) is 0 Å². The van der Waals surface area contributed by atoms with E-state index in [9.17, 15) is 14.0 Å². The second kappa shape index (κ2) is 7.44. The summed E-state index contributed by atoms with van der Waals surface area (Å²) in [6.07, 6.45) is 0. The van der Waals surface area contributed by atoms with Crippen molar-refractivity contribution in [1.29, 1.82) is 0 Å². The minimum atomic E-state index is -0.313. The number of hydrogen-bond acceptors (Lipinski definition) is 3. The van der Waals surface area contributed by atoms with Gasteiger partial charge >= 0.3 is 0 Å². The molecule has 1 saturated heterocycles. The highest BCUT2D eigenvalue weighted by Gasteiger charge is 2.29. The summed E-state index contributed by atoms with van der Waals surface area (Å²) >= 11 is 0. The summed E-state index contributed by atoms with van der Waals surface area (Å²) in [6, 6.07) is 12.6. The first kappa shape index (κ1) is 17.1. The molecule has 3 rings (SSSR count). The van der Waals surface area contributed by atoms with Crippen LogP contribution in [-0.4, -0.2) is 36.5 Å². The fourth-order valence-electron chi connectivity index (χ4n) is 2.87. The summed E-state index contributed by atoms with van der Waals surface area (Å²) in [5.41, 5.74) is 2.01. The van der Waals surface area contributed by atoms with Crippen molar-refractivity contribution >= 4 is 17.5 Å². The molecule has 2 amide bonds. The van der Waals surface area contributed by atoms with E-state index in [4.69, 9.17) is 4.74 Å². The minimum Gasteiger partial charge on any atom is -0.377 e. The Hall–Kier alpha value is -2.73. The van der Waals surface area contributed by atoms with Gasteiger partial charge in [0.05, 0.1) is 19.3 Å². The van der Waals surface area contributed by atoms with E-state index in [1.807, 2.05) is 0 Å². The standard InChI is InChI=1S/C19H19FN2O3/c1-13(23)21-17-8-4-15(5-9-17)19(24)22-10-11-25-12-18(22)14-2-6-16(20)7-3-14/h2-9,18H,10-12H2,1H3,(H,21,23). The van der Waals surface area contributed by atoms with Crippen LogP contribution in [0.1, 0.15) is 28.9 Å². The number of anilines is 1. The van der Waals surface area contributed by atoms with Gasteiger partial charge in [-0.25, -0.2) is 4.39 Å². The van der Waals surface area contributed by atoms with Gasteiger partial charge in [0.15, 0.2) is 0 Å². The van der Waals surface area contributed by atoms with Gasteiger partial charge in [-0.2, -0.15) is 0 Å². The zero-order valence-corrected chi connectivity index (χ0v) is 13.9. The van der Waals surface area contributed by atoms with E-state index >= 15 is 0 Å². The summed E-state index contributed by atoms with van der Waals surface area (Å²) < 4.78 is 18.7. The van der Waals surface area contributed by atoms with Crippen molar-refractivity contribution in [2.75, 3.05) is 25.1 Å². The fraction of sp³-hybridized carbons (Fsp3) is 0.263. The predicted molar refractivity (Wildman–Crippen MR) is 91.7 cm³/mol. The normalized spacial score (nSPS) is 17.2. The number of ether oxygens (including phenoxy) is 1. The fourth-order valence-corrected chi connectivity index (χ4v) is 2.87. The van der Waals surface area contributed by atoms with Gasteiger partial charge in [0.25, 0.3) is 5.91 Å². The van der Waals surface area contributed by atoms with Crippen LogP contribution in [0.3, 0.4) is 0 Å². The Kier molecular flexibility index (Phi) is 5.09. The van der Waals surface area contributed by atoms with Crippen LogP contribution in [0.25, 0.3) is 0 Å². The highest BCUT2D eigenvalue weighted by molar-refractivity contribution is 5.95. The number of carbonyl (C=O) groups is 2. The van der Waals surface area contributed by atoms with Crippen LogP contribution in [0.5, 0.6) is 0 Å². The number of rotatable bonds is 3. The molecule has 0 aromatic heterocycles. The summed E-state index contributed by atoms with van der Waals surface area (Å²) in [4.78, 5) is 25.7. The molecule has 5 nitrogen and oxygen atoms in total. The van der Waals surface area contributed by atoms with Crippen molar-refractivity contribution in [1.82, 2.24) is 4.90 Å². The van der Waals surface area contributed by atoms with E-state index in [1.165, 1.54) is 19.1 Å². The molecule has 1 aliphatic rings. The molecule has 25 heavy (non-hydrogen) atoms. The lowest BCUT2D eigenvalue weighted by atomic mass is 10.0. The van der Waals surface area contributed by atoms with Gasteiger partial charge < -0.3 is 15.0 Å². The molecule has 1 atom stereocenters. The van der Waals surface area contributed by atoms with Crippen molar-refractivity contribution in [3.05, 3.63) is 65.5 Å². The van der Waals surface area contributed by atoms with Crippen LogP contribution >= 0.6 is 0 Å². The Labute approximate surface area is 145 Å². The van der Waals surface area contributed by atoms with Crippen LogP contribution in [0.2, 0.25) is 0 Å². The maximum atomic E-state index is 13.2. The molecule has 0 aliphatic carbocycles. The number of carbonyl (C=O) groups excluding carboxylic acids is 2. The molecule has 2 aromatic rings. The summed E-state index contributed by atoms with van der Waals surface area (Å²) in [6.45, 7) is 2.74. The summed E-state index contributed by atoms with van der Waals surface area (Å²) in [7, 11) is 0. The third kappa shape index (κ3) is 4.03. The largest absolute Gasteiger partial charge is 0.377 e. The number of nitrogens with zero attached hydrogens (tertiary/aromatic N) is 1. The number of morpholine rings is 1. The average molecular weight is 342 g/mol. The predicted octanol–water partition coefficient (Wildman–Crippen LogP) is 3.00. The van der Waals surface area contributed by atoms with E-state index in [-0.39, 0.29) is 23.7 Å². The van der Waals surface area contributed by atoms with Gasteiger partial charge in [0, 0.05) is 24.7 Å². The lowest BCUT2D eigenvalue weighted by molar-refractivity contribution is -0.114. The topological polar surface area (TPSA) is 58.6 Å². The Morgan fingerprint density at radius 1 is 1.12 bits per heavy atom. The van der Waals surface area contributed by atoms with Crippen molar-refractivity contribution in [2.24, 2.45) is 0 Å². The third-order valence-electron chi connectivity index (χ3n) is 4.10. The van der Waals surface area contributed by atoms with Crippen LogP contribution in [0.4, 0.5) is 10.1 Å². The van der Waals surface area contributed by atoms with E-state index < -0.39 is 0 Å². The Morgan fingerprint density at radius 3 is 2.44 bits per heavy atom.